The molecule has 0 unspecified atom stereocenters. The monoisotopic (exact) mass is 526 g/mol. The molecule has 0 bridgehead atoms. The number of benzene rings is 1. The van der Waals surface area contributed by atoms with Gasteiger partial charge in [-0.25, -0.2) is 0 Å². The van der Waals surface area contributed by atoms with Gasteiger partial charge in [0, 0.05) is 0 Å². The van der Waals surface area contributed by atoms with Gasteiger partial charge in [-0.2, -0.15) is 0 Å². The zero-order chi connectivity index (χ0) is 19.5. The molecule has 0 N–H and O–H groups in total. The van der Waals surface area contributed by atoms with Crippen molar-refractivity contribution in [1.82, 2.24) is 0 Å². The topological polar surface area (TPSA) is 0 Å². The predicted molar refractivity (Wildman–Crippen MR) is 114 cm³/mol. The van der Waals surface area contributed by atoms with Crippen LogP contribution in [0.25, 0.3) is 5.57 Å². The van der Waals surface area contributed by atoms with Crippen LogP contribution in [0.5, 0.6) is 0 Å². The molecule has 0 aromatic heterocycles. The SMILES string of the molecule is CC1=C(C)[C](C)([Hf][C]2=C(CC(C)C)c3cc4c(cc3C2)CCC4)C(C)=C1C. The molecule has 3 aliphatic carbocycles. The van der Waals surface area contributed by atoms with E-state index in [9.17, 15) is 0 Å². The molecule has 0 spiro atoms. The quantitative estimate of drug-likeness (QED) is 0.359. The third-order valence-electron chi connectivity index (χ3n) is 7.58. The number of hydrogen-bond acceptors (Lipinski definition) is 0. The van der Waals surface area contributed by atoms with E-state index in [4.69, 9.17) is 0 Å². The first-order valence-corrected chi connectivity index (χ1v) is 14.3. The second-order valence-electron chi connectivity index (χ2n) is 9.61. The first-order chi connectivity index (χ1) is 12.7. The molecule has 4 rings (SSSR count). The Bertz CT molecular complexity index is 880. The minimum absolute atomic E-state index is 0.399. The van der Waals surface area contributed by atoms with Crippen LogP contribution in [0, 0.1) is 5.92 Å². The van der Waals surface area contributed by atoms with Gasteiger partial charge in [-0.1, -0.05) is 0 Å². The second kappa shape index (κ2) is 6.97. The summed E-state index contributed by atoms with van der Waals surface area (Å²) in [5.74, 6) is 0.742. The van der Waals surface area contributed by atoms with Crippen molar-refractivity contribution in [2.45, 2.75) is 83.7 Å². The normalized spacial score (nSPS) is 20.9. The third-order valence-corrected chi connectivity index (χ3v) is 14.9. The molecule has 0 radical (unpaired) electrons. The third kappa shape index (κ3) is 3.13. The zero-order valence-electron chi connectivity index (χ0n) is 18.3. The van der Waals surface area contributed by atoms with Crippen LogP contribution < -0.4 is 0 Å². The maximum atomic E-state index is 2.60. The van der Waals surface area contributed by atoms with E-state index < -0.39 is 22.9 Å². The Morgan fingerprint density at radius 1 is 0.926 bits per heavy atom. The van der Waals surface area contributed by atoms with Crippen molar-refractivity contribution in [3.05, 3.63) is 60.0 Å². The molecule has 142 valence electrons. The summed E-state index contributed by atoms with van der Waals surface area (Å²) in [6.45, 7) is 16.9. The fourth-order valence-electron chi connectivity index (χ4n) is 5.41. The molecule has 1 aromatic carbocycles. The van der Waals surface area contributed by atoms with Crippen molar-refractivity contribution in [3.63, 3.8) is 0 Å². The van der Waals surface area contributed by atoms with Crippen molar-refractivity contribution in [3.8, 4) is 0 Å². The van der Waals surface area contributed by atoms with Gasteiger partial charge in [0.2, 0.25) is 0 Å². The van der Waals surface area contributed by atoms with Gasteiger partial charge in [0.15, 0.2) is 0 Å². The van der Waals surface area contributed by atoms with Crippen LogP contribution >= 0.6 is 0 Å². The van der Waals surface area contributed by atoms with E-state index in [0.717, 1.165) is 5.92 Å². The van der Waals surface area contributed by atoms with Gasteiger partial charge in [-0.3, -0.25) is 0 Å². The molecular weight excluding hydrogens is 491 g/mol. The molecule has 0 aliphatic heterocycles. The van der Waals surface area contributed by atoms with Crippen LogP contribution in [0.4, 0.5) is 0 Å². The number of hydrogen-bond donors (Lipinski definition) is 0. The fourth-order valence-corrected chi connectivity index (χ4v) is 12.7. The number of rotatable bonds is 4. The van der Waals surface area contributed by atoms with Gasteiger partial charge < -0.3 is 0 Å². The standard InChI is InChI=1S/C16H19.C10H15.Hf/c1-11(2)8-14-6-7-15-9-12-4-3-5-13(12)10-16(14)15;1-6-7(2)9(4)10(5)8(6)3;/h9-11H,3-5,7-8H2,1-2H3;1-5H3;. The molecule has 1 aromatic rings. The van der Waals surface area contributed by atoms with Crippen molar-refractivity contribution in [1.29, 1.82) is 0 Å². The molecule has 0 saturated carbocycles. The molecular formula is C26H34Hf. The van der Waals surface area contributed by atoms with Gasteiger partial charge in [0.1, 0.15) is 0 Å². The Labute approximate surface area is 177 Å². The summed E-state index contributed by atoms with van der Waals surface area (Å²) in [5, 5.41) is 0. The molecule has 0 atom stereocenters. The van der Waals surface area contributed by atoms with Gasteiger partial charge in [0.05, 0.1) is 0 Å². The Kier molecular flexibility index (Phi) is 5.07. The van der Waals surface area contributed by atoms with Crippen LogP contribution in [-0.2, 0) is 42.2 Å². The van der Waals surface area contributed by atoms with Crippen molar-refractivity contribution >= 4 is 5.57 Å². The number of aryl methyl sites for hydroxylation is 2. The van der Waals surface area contributed by atoms with E-state index in [2.05, 4.69) is 60.6 Å². The molecule has 0 nitrogen and oxygen atoms in total. The average molecular weight is 525 g/mol. The number of fused-ring (bicyclic) bond motifs is 2. The molecule has 0 amide bonds. The van der Waals surface area contributed by atoms with E-state index >= 15 is 0 Å². The molecule has 1 heteroatoms. The predicted octanol–water partition coefficient (Wildman–Crippen LogP) is 7.44. The van der Waals surface area contributed by atoms with E-state index in [0.29, 0.717) is 3.17 Å². The summed E-state index contributed by atoms with van der Waals surface area (Å²) in [6, 6.07) is 5.19. The van der Waals surface area contributed by atoms with Crippen molar-refractivity contribution < 1.29 is 22.9 Å². The van der Waals surface area contributed by atoms with Crippen LogP contribution in [0.3, 0.4) is 0 Å². The molecule has 27 heavy (non-hydrogen) atoms. The summed E-state index contributed by atoms with van der Waals surface area (Å²) >= 11 is -1.03. The Hall–Kier alpha value is -0.690. The zero-order valence-corrected chi connectivity index (χ0v) is 21.9. The summed E-state index contributed by atoms with van der Waals surface area (Å²) in [7, 11) is 0. The van der Waals surface area contributed by atoms with Gasteiger partial charge in [0.25, 0.3) is 0 Å². The summed E-state index contributed by atoms with van der Waals surface area (Å²) in [6.07, 6.45) is 6.50. The average Bonchev–Trinajstić information content (AvgIpc) is 3.24. The van der Waals surface area contributed by atoms with Crippen LogP contribution in [0.1, 0.15) is 83.6 Å². The fraction of sp³-hybridized carbons (Fsp3) is 0.538. The first kappa shape index (κ1) is 19.6. The van der Waals surface area contributed by atoms with E-state index in [1.807, 2.05) is 3.33 Å². The molecule has 0 heterocycles. The van der Waals surface area contributed by atoms with E-state index in [1.165, 1.54) is 32.1 Å². The minimum atomic E-state index is -1.03. The maximum absolute atomic E-state index is 2.60. The summed E-state index contributed by atoms with van der Waals surface area (Å²) < 4.78 is 2.31. The molecule has 3 aliphatic rings. The summed E-state index contributed by atoms with van der Waals surface area (Å²) in [5.41, 5.74) is 14.9. The summed E-state index contributed by atoms with van der Waals surface area (Å²) in [4.78, 5) is 0. The first-order valence-electron chi connectivity index (χ1n) is 10.7. The van der Waals surface area contributed by atoms with E-state index in [1.54, 1.807) is 50.1 Å². The van der Waals surface area contributed by atoms with Gasteiger partial charge in [-0.15, -0.1) is 0 Å². The van der Waals surface area contributed by atoms with E-state index in [-0.39, 0.29) is 0 Å². The van der Waals surface area contributed by atoms with Gasteiger partial charge >= 0.3 is 178 Å². The Morgan fingerprint density at radius 2 is 1.52 bits per heavy atom. The molecule has 0 fully saturated rings. The molecule has 0 saturated heterocycles. The van der Waals surface area contributed by atoms with Crippen molar-refractivity contribution in [2.24, 2.45) is 5.92 Å². The van der Waals surface area contributed by atoms with Crippen LogP contribution in [0.15, 0.2) is 37.8 Å². The Balaban J connectivity index is 1.76. The number of allylic oxidation sites excluding steroid dienone is 6. The van der Waals surface area contributed by atoms with Gasteiger partial charge in [-0.05, 0) is 0 Å². The second-order valence-corrected chi connectivity index (χ2v) is 16.3. The Morgan fingerprint density at radius 3 is 2.11 bits per heavy atom. The van der Waals surface area contributed by atoms with Crippen molar-refractivity contribution in [2.75, 3.05) is 0 Å². The van der Waals surface area contributed by atoms with Crippen LogP contribution in [-0.4, -0.2) is 0 Å². The van der Waals surface area contributed by atoms with Crippen LogP contribution in [0.2, 0.25) is 3.17 Å².